The fourth-order valence-electron chi connectivity index (χ4n) is 0.814. The first-order valence-corrected chi connectivity index (χ1v) is 4.00. The van der Waals surface area contributed by atoms with E-state index in [-0.39, 0.29) is 5.75 Å². The summed E-state index contributed by atoms with van der Waals surface area (Å²) in [6.45, 7) is 1.79. The largest absolute Gasteiger partial charge is 0.472 e. The standard InChI is InChI=1S/C9H11F2NO/c1-2-9(12)13-8-5-6(10)3-4-7(8)11/h3-5,9H,2,12H2,1H3. The van der Waals surface area contributed by atoms with Gasteiger partial charge in [0.1, 0.15) is 12.0 Å². The van der Waals surface area contributed by atoms with Gasteiger partial charge in [-0.2, -0.15) is 0 Å². The van der Waals surface area contributed by atoms with Gasteiger partial charge in [-0.25, -0.2) is 8.78 Å². The van der Waals surface area contributed by atoms with Gasteiger partial charge in [0.15, 0.2) is 11.6 Å². The SMILES string of the molecule is CCC(N)Oc1cc(F)ccc1F. The summed E-state index contributed by atoms with van der Waals surface area (Å²) in [5.41, 5.74) is 5.41. The predicted octanol–water partition coefficient (Wildman–Crippen LogP) is 2.04. The molecule has 0 aliphatic rings. The molecule has 0 aromatic heterocycles. The molecule has 0 aliphatic carbocycles. The van der Waals surface area contributed by atoms with E-state index >= 15 is 0 Å². The molecular weight excluding hydrogens is 176 g/mol. The van der Waals surface area contributed by atoms with Crippen LogP contribution in [-0.2, 0) is 0 Å². The zero-order valence-corrected chi connectivity index (χ0v) is 7.26. The molecule has 0 fully saturated rings. The van der Waals surface area contributed by atoms with Crippen molar-refractivity contribution in [1.82, 2.24) is 0 Å². The summed E-state index contributed by atoms with van der Waals surface area (Å²) in [6.07, 6.45) is -0.0630. The van der Waals surface area contributed by atoms with E-state index in [2.05, 4.69) is 0 Å². The van der Waals surface area contributed by atoms with Crippen molar-refractivity contribution in [1.29, 1.82) is 0 Å². The molecule has 13 heavy (non-hydrogen) atoms. The number of benzene rings is 1. The minimum absolute atomic E-state index is 0.144. The molecule has 2 nitrogen and oxygen atoms in total. The van der Waals surface area contributed by atoms with Gasteiger partial charge in [0.25, 0.3) is 0 Å². The van der Waals surface area contributed by atoms with Crippen LogP contribution < -0.4 is 10.5 Å². The van der Waals surface area contributed by atoms with Crippen molar-refractivity contribution in [3.05, 3.63) is 29.8 Å². The molecule has 0 bridgehead atoms. The molecule has 0 saturated carbocycles. The molecule has 0 spiro atoms. The van der Waals surface area contributed by atoms with Gasteiger partial charge in [0.05, 0.1) is 0 Å². The highest BCUT2D eigenvalue weighted by atomic mass is 19.1. The van der Waals surface area contributed by atoms with Gasteiger partial charge in [0.2, 0.25) is 0 Å². The van der Waals surface area contributed by atoms with Gasteiger partial charge in [-0.05, 0) is 18.6 Å². The van der Waals surface area contributed by atoms with Crippen molar-refractivity contribution in [2.45, 2.75) is 19.6 Å². The fourth-order valence-corrected chi connectivity index (χ4v) is 0.814. The van der Waals surface area contributed by atoms with Crippen LogP contribution in [0.25, 0.3) is 0 Å². The average molecular weight is 187 g/mol. The Kier molecular flexibility index (Phi) is 3.19. The lowest BCUT2D eigenvalue weighted by Gasteiger charge is -2.12. The maximum atomic E-state index is 12.9. The summed E-state index contributed by atoms with van der Waals surface area (Å²) < 4.78 is 30.5. The lowest BCUT2D eigenvalue weighted by Crippen LogP contribution is -2.26. The van der Waals surface area contributed by atoms with Gasteiger partial charge >= 0.3 is 0 Å². The van der Waals surface area contributed by atoms with Crippen molar-refractivity contribution in [3.8, 4) is 5.75 Å². The van der Waals surface area contributed by atoms with Gasteiger partial charge in [-0.3, -0.25) is 5.73 Å². The van der Waals surface area contributed by atoms with Crippen LogP contribution in [0.15, 0.2) is 18.2 Å². The highest BCUT2D eigenvalue weighted by Gasteiger charge is 2.07. The van der Waals surface area contributed by atoms with Crippen molar-refractivity contribution < 1.29 is 13.5 Å². The Bertz CT molecular complexity index is 291. The van der Waals surface area contributed by atoms with Crippen LogP contribution in [0.5, 0.6) is 5.75 Å². The third-order valence-corrected chi connectivity index (χ3v) is 1.57. The highest BCUT2D eigenvalue weighted by Crippen LogP contribution is 2.18. The van der Waals surface area contributed by atoms with Crippen molar-refractivity contribution in [3.63, 3.8) is 0 Å². The van der Waals surface area contributed by atoms with Gasteiger partial charge in [-0.15, -0.1) is 0 Å². The van der Waals surface area contributed by atoms with Crippen LogP contribution in [-0.4, -0.2) is 6.23 Å². The monoisotopic (exact) mass is 187 g/mol. The molecule has 72 valence electrons. The number of halogens is 2. The van der Waals surface area contributed by atoms with Crippen LogP contribution in [0, 0.1) is 11.6 Å². The molecule has 0 radical (unpaired) electrons. The summed E-state index contributed by atoms with van der Waals surface area (Å²) in [5, 5.41) is 0. The normalized spacial score (nSPS) is 12.6. The first-order valence-electron chi connectivity index (χ1n) is 4.00. The van der Waals surface area contributed by atoms with E-state index in [4.69, 9.17) is 10.5 Å². The first kappa shape index (κ1) is 9.92. The van der Waals surface area contributed by atoms with E-state index in [1.807, 2.05) is 0 Å². The molecule has 1 unspecified atom stereocenters. The van der Waals surface area contributed by atoms with Gasteiger partial charge in [0, 0.05) is 6.07 Å². The fraction of sp³-hybridized carbons (Fsp3) is 0.333. The summed E-state index contributed by atoms with van der Waals surface area (Å²) >= 11 is 0. The average Bonchev–Trinajstić information content (AvgIpc) is 2.11. The van der Waals surface area contributed by atoms with E-state index in [9.17, 15) is 8.78 Å². The summed E-state index contributed by atoms with van der Waals surface area (Å²) in [5.74, 6) is -1.29. The van der Waals surface area contributed by atoms with Crippen LogP contribution in [0.2, 0.25) is 0 Å². The van der Waals surface area contributed by atoms with Crippen molar-refractivity contribution in [2.75, 3.05) is 0 Å². The molecule has 1 rings (SSSR count). The Hall–Kier alpha value is -1.16. The van der Waals surface area contributed by atoms with E-state index in [0.29, 0.717) is 6.42 Å². The molecule has 0 aliphatic heterocycles. The summed E-state index contributed by atoms with van der Waals surface area (Å²) in [7, 11) is 0. The predicted molar refractivity (Wildman–Crippen MR) is 45.3 cm³/mol. The number of ether oxygens (including phenoxy) is 1. The van der Waals surface area contributed by atoms with Gasteiger partial charge in [-0.1, -0.05) is 6.92 Å². The maximum Gasteiger partial charge on any atom is 0.165 e. The van der Waals surface area contributed by atoms with Crippen LogP contribution in [0.4, 0.5) is 8.78 Å². The topological polar surface area (TPSA) is 35.2 Å². The second-order valence-corrected chi connectivity index (χ2v) is 2.64. The Morgan fingerprint density at radius 3 is 2.77 bits per heavy atom. The lowest BCUT2D eigenvalue weighted by molar-refractivity contribution is 0.195. The minimum atomic E-state index is -0.606. The van der Waals surface area contributed by atoms with Crippen LogP contribution >= 0.6 is 0 Å². The Morgan fingerprint density at radius 1 is 1.46 bits per heavy atom. The smallest absolute Gasteiger partial charge is 0.165 e. The third kappa shape index (κ3) is 2.66. The zero-order chi connectivity index (χ0) is 9.84. The van der Waals surface area contributed by atoms with Gasteiger partial charge < -0.3 is 4.74 Å². The number of hydrogen-bond acceptors (Lipinski definition) is 2. The number of hydrogen-bond donors (Lipinski definition) is 1. The van der Waals surface area contributed by atoms with E-state index in [0.717, 1.165) is 18.2 Å². The first-order chi connectivity index (χ1) is 6.13. The Balaban J connectivity index is 2.81. The zero-order valence-electron chi connectivity index (χ0n) is 7.26. The molecule has 2 N–H and O–H groups in total. The molecule has 1 aromatic rings. The third-order valence-electron chi connectivity index (χ3n) is 1.57. The quantitative estimate of drug-likeness (QED) is 0.735. The minimum Gasteiger partial charge on any atom is -0.472 e. The van der Waals surface area contributed by atoms with Crippen LogP contribution in [0.3, 0.4) is 0 Å². The highest BCUT2D eigenvalue weighted by molar-refractivity contribution is 5.24. The summed E-state index contributed by atoms with van der Waals surface area (Å²) in [6, 6.07) is 3.01. The van der Waals surface area contributed by atoms with Crippen molar-refractivity contribution in [2.24, 2.45) is 5.73 Å². The number of nitrogens with two attached hydrogens (primary N) is 1. The van der Waals surface area contributed by atoms with E-state index < -0.39 is 17.9 Å². The Morgan fingerprint density at radius 2 is 2.15 bits per heavy atom. The molecule has 0 amide bonds. The molecule has 1 aromatic carbocycles. The summed E-state index contributed by atoms with van der Waals surface area (Å²) in [4.78, 5) is 0. The Labute approximate surface area is 75.3 Å². The molecule has 0 heterocycles. The van der Waals surface area contributed by atoms with Crippen molar-refractivity contribution >= 4 is 0 Å². The molecule has 0 saturated heterocycles. The molecular formula is C9H11F2NO. The van der Waals surface area contributed by atoms with Crippen LogP contribution in [0.1, 0.15) is 13.3 Å². The van der Waals surface area contributed by atoms with E-state index in [1.165, 1.54) is 0 Å². The van der Waals surface area contributed by atoms with E-state index in [1.54, 1.807) is 6.92 Å². The molecule has 4 heteroatoms. The number of rotatable bonds is 3. The molecule has 1 atom stereocenters. The second kappa shape index (κ2) is 4.18. The maximum absolute atomic E-state index is 12.9. The lowest BCUT2D eigenvalue weighted by atomic mass is 10.3. The second-order valence-electron chi connectivity index (χ2n) is 2.64.